The molecule has 124 valence electrons. The summed E-state index contributed by atoms with van der Waals surface area (Å²) in [5, 5.41) is 17.4. The van der Waals surface area contributed by atoms with E-state index in [1.807, 2.05) is 5.38 Å². The maximum Gasteiger partial charge on any atom is 0.277 e. The van der Waals surface area contributed by atoms with Crippen molar-refractivity contribution in [3.05, 3.63) is 39.9 Å². The molecule has 24 heavy (non-hydrogen) atoms. The second-order valence-corrected chi connectivity index (χ2v) is 7.06. The lowest BCUT2D eigenvalue weighted by molar-refractivity contribution is -0.113. The molecule has 8 nitrogen and oxygen atoms in total. The summed E-state index contributed by atoms with van der Waals surface area (Å²) in [6.45, 7) is 0.135. The average Bonchev–Trinajstić information content (AvgIpc) is 3.32. The molecule has 0 aromatic carbocycles. The van der Waals surface area contributed by atoms with Crippen LogP contribution in [-0.2, 0) is 11.3 Å². The molecule has 0 unspecified atom stereocenters. The fourth-order valence-corrected chi connectivity index (χ4v) is 3.35. The van der Waals surface area contributed by atoms with E-state index in [0.29, 0.717) is 10.0 Å². The number of amides is 2. The predicted octanol–water partition coefficient (Wildman–Crippen LogP) is 2.25. The first-order valence-corrected chi connectivity index (χ1v) is 9.41. The highest BCUT2D eigenvalue weighted by molar-refractivity contribution is 7.99. The molecular formula is C13H11N5O3S3. The third-order valence-electron chi connectivity index (χ3n) is 2.60. The van der Waals surface area contributed by atoms with Crippen molar-refractivity contribution in [3.63, 3.8) is 0 Å². The standard InChI is InChI=1S/C13H11N5O3S3/c19-9(16-12-14-3-5-23-12)7-24-13-18-17-10(21-13)6-15-11(20)8-2-1-4-22-8/h1-5H,6-7H2,(H,15,20)(H,14,16,19). The molecule has 0 fully saturated rings. The van der Waals surface area contributed by atoms with E-state index in [1.165, 1.54) is 22.7 Å². The molecule has 0 aliphatic heterocycles. The van der Waals surface area contributed by atoms with Crippen LogP contribution in [-0.4, -0.2) is 32.7 Å². The van der Waals surface area contributed by atoms with E-state index in [4.69, 9.17) is 4.42 Å². The molecule has 3 aromatic rings. The van der Waals surface area contributed by atoms with E-state index < -0.39 is 0 Å². The molecule has 11 heteroatoms. The fourth-order valence-electron chi connectivity index (χ4n) is 1.59. The summed E-state index contributed by atoms with van der Waals surface area (Å²) in [6, 6.07) is 3.54. The number of aromatic nitrogens is 3. The van der Waals surface area contributed by atoms with Crippen molar-refractivity contribution >= 4 is 51.4 Å². The highest BCUT2D eigenvalue weighted by Gasteiger charge is 2.12. The highest BCUT2D eigenvalue weighted by Crippen LogP contribution is 2.17. The predicted molar refractivity (Wildman–Crippen MR) is 91.3 cm³/mol. The van der Waals surface area contributed by atoms with Crippen molar-refractivity contribution in [2.75, 3.05) is 11.1 Å². The quantitative estimate of drug-likeness (QED) is 0.604. The largest absolute Gasteiger partial charge is 0.414 e. The normalized spacial score (nSPS) is 10.5. The molecule has 0 aliphatic carbocycles. The Hall–Kier alpha value is -2.24. The lowest BCUT2D eigenvalue weighted by atomic mass is 10.4. The summed E-state index contributed by atoms with van der Waals surface area (Å²) in [5.41, 5.74) is 0. The number of hydrogen-bond acceptors (Lipinski definition) is 9. The first-order valence-electron chi connectivity index (χ1n) is 6.67. The van der Waals surface area contributed by atoms with E-state index >= 15 is 0 Å². The third kappa shape index (κ3) is 4.63. The molecule has 0 atom stereocenters. The van der Waals surface area contributed by atoms with Crippen LogP contribution >= 0.6 is 34.4 Å². The zero-order chi connectivity index (χ0) is 16.8. The molecule has 3 aromatic heterocycles. The van der Waals surface area contributed by atoms with Crippen LogP contribution in [0.1, 0.15) is 15.6 Å². The Balaban J connectivity index is 1.43. The first kappa shape index (κ1) is 16.6. The average molecular weight is 381 g/mol. The van der Waals surface area contributed by atoms with Gasteiger partial charge in [-0.05, 0) is 11.4 Å². The van der Waals surface area contributed by atoms with Gasteiger partial charge in [0.15, 0.2) is 5.13 Å². The number of carbonyl (C=O) groups excluding carboxylic acids is 2. The molecule has 0 bridgehead atoms. The maximum atomic E-state index is 11.8. The number of nitrogens with zero attached hydrogens (tertiary/aromatic N) is 3. The minimum absolute atomic E-state index is 0.128. The van der Waals surface area contributed by atoms with Crippen molar-refractivity contribution in [2.45, 2.75) is 11.8 Å². The van der Waals surface area contributed by atoms with Gasteiger partial charge in [-0.3, -0.25) is 9.59 Å². The van der Waals surface area contributed by atoms with E-state index in [2.05, 4.69) is 25.8 Å². The summed E-state index contributed by atoms with van der Waals surface area (Å²) < 4.78 is 5.37. The van der Waals surface area contributed by atoms with Gasteiger partial charge >= 0.3 is 0 Å². The Morgan fingerprint density at radius 1 is 1.25 bits per heavy atom. The van der Waals surface area contributed by atoms with Gasteiger partial charge in [-0.15, -0.1) is 32.9 Å². The molecule has 0 saturated heterocycles. The van der Waals surface area contributed by atoms with Crippen LogP contribution in [0.15, 0.2) is 38.7 Å². The second kappa shape index (κ2) is 8.04. The number of rotatable bonds is 7. The summed E-state index contributed by atoms with van der Waals surface area (Å²) in [5.74, 6) is 0.00614. The molecule has 0 saturated carbocycles. The molecular weight excluding hydrogens is 370 g/mol. The molecule has 2 N–H and O–H groups in total. The zero-order valence-electron chi connectivity index (χ0n) is 12.1. The molecule has 3 rings (SSSR count). The van der Waals surface area contributed by atoms with E-state index in [1.54, 1.807) is 23.7 Å². The van der Waals surface area contributed by atoms with E-state index in [-0.39, 0.29) is 35.2 Å². The van der Waals surface area contributed by atoms with Crippen molar-refractivity contribution in [1.29, 1.82) is 0 Å². The number of thiazole rings is 1. The summed E-state index contributed by atoms with van der Waals surface area (Å²) in [4.78, 5) is 28.1. The Kier molecular flexibility index (Phi) is 5.56. The van der Waals surface area contributed by atoms with E-state index in [9.17, 15) is 9.59 Å². The van der Waals surface area contributed by atoms with Crippen molar-refractivity contribution < 1.29 is 14.0 Å². The number of anilines is 1. The fraction of sp³-hybridized carbons (Fsp3) is 0.154. The van der Waals surface area contributed by atoms with Crippen LogP contribution in [0.4, 0.5) is 5.13 Å². The number of hydrogen-bond donors (Lipinski definition) is 2. The Morgan fingerprint density at radius 2 is 2.17 bits per heavy atom. The third-order valence-corrected chi connectivity index (χ3v) is 4.97. The van der Waals surface area contributed by atoms with Gasteiger partial charge in [0.05, 0.1) is 17.2 Å². The van der Waals surface area contributed by atoms with Gasteiger partial charge in [-0.2, -0.15) is 0 Å². The Bertz CT molecular complexity index is 801. The van der Waals surface area contributed by atoms with E-state index in [0.717, 1.165) is 11.8 Å². The van der Waals surface area contributed by atoms with Gasteiger partial charge in [-0.1, -0.05) is 17.8 Å². The minimum atomic E-state index is -0.208. The molecule has 0 radical (unpaired) electrons. The van der Waals surface area contributed by atoms with Crippen LogP contribution < -0.4 is 10.6 Å². The monoisotopic (exact) mass is 381 g/mol. The molecule has 2 amide bonds. The Morgan fingerprint density at radius 3 is 2.92 bits per heavy atom. The van der Waals surface area contributed by atoms with Gasteiger partial charge in [0, 0.05) is 11.6 Å². The molecule has 0 aliphatic rings. The van der Waals surface area contributed by atoms with Crippen molar-refractivity contribution in [1.82, 2.24) is 20.5 Å². The summed E-state index contributed by atoms with van der Waals surface area (Å²) in [6.07, 6.45) is 1.61. The smallest absolute Gasteiger partial charge is 0.277 e. The van der Waals surface area contributed by atoms with Crippen LogP contribution in [0, 0.1) is 0 Å². The lowest BCUT2D eigenvalue weighted by Crippen LogP contribution is -2.21. The van der Waals surface area contributed by atoms with Gasteiger partial charge in [-0.25, -0.2) is 4.98 Å². The number of thioether (sulfide) groups is 1. The van der Waals surface area contributed by atoms with Crippen LogP contribution in [0.25, 0.3) is 0 Å². The van der Waals surface area contributed by atoms with Crippen LogP contribution in [0.5, 0.6) is 0 Å². The van der Waals surface area contributed by atoms with Crippen LogP contribution in [0.2, 0.25) is 0 Å². The maximum absolute atomic E-state index is 11.8. The van der Waals surface area contributed by atoms with Crippen molar-refractivity contribution in [3.8, 4) is 0 Å². The topological polar surface area (TPSA) is 110 Å². The summed E-state index contributed by atoms with van der Waals surface area (Å²) >= 11 is 3.81. The summed E-state index contributed by atoms with van der Waals surface area (Å²) in [7, 11) is 0. The first-order chi connectivity index (χ1) is 11.7. The minimum Gasteiger partial charge on any atom is -0.414 e. The lowest BCUT2D eigenvalue weighted by Gasteiger charge is -1.99. The number of nitrogens with one attached hydrogen (secondary N) is 2. The molecule has 0 spiro atoms. The Labute approximate surface area is 148 Å². The van der Waals surface area contributed by atoms with Crippen molar-refractivity contribution in [2.24, 2.45) is 0 Å². The van der Waals surface area contributed by atoms with Crippen LogP contribution in [0.3, 0.4) is 0 Å². The SMILES string of the molecule is O=C(CSc1nnc(CNC(=O)c2cccs2)o1)Nc1nccs1. The zero-order valence-corrected chi connectivity index (χ0v) is 14.5. The highest BCUT2D eigenvalue weighted by atomic mass is 32.2. The molecule has 3 heterocycles. The van der Waals surface area contributed by atoms with Gasteiger partial charge < -0.3 is 15.1 Å². The van der Waals surface area contributed by atoms with Gasteiger partial charge in [0.1, 0.15) is 0 Å². The number of carbonyl (C=O) groups is 2. The van der Waals surface area contributed by atoms with Gasteiger partial charge in [0.2, 0.25) is 11.8 Å². The number of thiophene rings is 1. The second-order valence-electron chi connectivity index (χ2n) is 4.30. The van der Waals surface area contributed by atoms with Gasteiger partial charge in [0.25, 0.3) is 11.1 Å².